The molecule has 0 aromatic carbocycles. The SMILES string of the molecule is CCC(C)(OC)C(O)CC1CC2CCC1C2. The van der Waals surface area contributed by atoms with E-state index in [9.17, 15) is 5.11 Å². The molecule has 2 aliphatic rings. The average molecular weight is 226 g/mol. The molecule has 1 N–H and O–H groups in total. The van der Waals surface area contributed by atoms with Gasteiger partial charge in [0, 0.05) is 7.11 Å². The van der Waals surface area contributed by atoms with E-state index in [0.29, 0.717) is 0 Å². The lowest BCUT2D eigenvalue weighted by molar-refractivity contribution is -0.102. The molecule has 2 nitrogen and oxygen atoms in total. The van der Waals surface area contributed by atoms with Gasteiger partial charge in [-0.05, 0) is 56.8 Å². The van der Waals surface area contributed by atoms with Crippen molar-refractivity contribution >= 4 is 0 Å². The Morgan fingerprint density at radius 1 is 1.38 bits per heavy atom. The molecule has 94 valence electrons. The Morgan fingerprint density at radius 2 is 2.12 bits per heavy atom. The van der Waals surface area contributed by atoms with Gasteiger partial charge >= 0.3 is 0 Å². The Hall–Kier alpha value is -0.0800. The van der Waals surface area contributed by atoms with E-state index in [2.05, 4.69) is 6.92 Å². The highest BCUT2D eigenvalue weighted by Crippen LogP contribution is 2.50. The molecular weight excluding hydrogens is 200 g/mol. The maximum absolute atomic E-state index is 10.3. The first-order valence-corrected chi connectivity index (χ1v) is 6.82. The third-order valence-electron chi connectivity index (χ3n) is 5.28. The zero-order valence-electron chi connectivity index (χ0n) is 10.9. The summed E-state index contributed by atoms with van der Waals surface area (Å²) < 4.78 is 5.49. The van der Waals surface area contributed by atoms with E-state index in [4.69, 9.17) is 4.74 Å². The number of hydrogen-bond acceptors (Lipinski definition) is 2. The highest BCUT2D eigenvalue weighted by atomic mass is 16.5. The zero-order valence-corrected chi connectivity index (χ0v) is 10.9. The Bertz CT molecular complexity index is 235. The quantitative estimate of drug-likeness (QED) is 0.781. The van der Waals surface area contributed by atoms with E-state index < -0.39 is 0 Å². The van der Waals surface area contributed by atoms with Crippen LogP contribution in [0.4, 0.5) is 0 Å². The Kier molecular flexibility index (Phi) is 3.60. The van der Waals surface area contributed by atoms with Crippen LogP contribution >= 0.6 is 0 Å². The second-order valence-corrected chi connectivity index (χ2v) is 6.06. The fourth-order valence-electron chi connectivity index (χ4n) is 3.72. The van der Waals surface area contributed by atoms with Gasteiger partial charge in [-0.3, -0.25) is 0 Å². The summed E-state index contributed by atoms with van der Waals surface area (Å²) in [6.45, 7) is 4.12. The Morgan fingerprint density at radius 3 is 2.56 bits per heavy atom. The van der Waals surface area contributed by atoms with Crippen LogP contribution < -0.4 is 0 Å². The van der Waals surface area contributed by atoms with Crippen molar-refractivity contribution in [2.75, 3.05) is 7.11 Å². The van der Waals surface area contributed by atoms with E-state index in [-0.39, 0.29) is 11.7 Å². The molecule has 0 aromatic heterocycles. The third kappa shape index (κ3) is 2.14. The maximum atomic E-state index is 10.3. The van der Waals surface area contributed by atoms with Crippen LogP contribution in [0.25, 0.3) is 0 Å². The average Bonchev–Trinajstić information content (AvgIpc) is 2.89. The summed E-state index contributed by atoms with van der Waals surface area (Å²) in [6, 6.07) is 0. The van der Waals surface area contributed by atoms with Gasteiger partial charge in [0.05, 0.1) is 11.7 Å². The van der Waals surface area contributed by atoms with Gasteiger partial charge in [-0.1, -0.05) is 13.3 Å². The van der Waals surface area contributed by atoms with Gasteiger partial charge in [0.25, 0.3) is 0 Å². The Balaban J connectivity index is 1.89. The number of aliphatic hydroxyl groups excluding tert-OH is 1. The molecule has 5 unspecified atom stereocenters. The molecule has 5 atom stereocenters. The molecule has 0 amide bonds. The van der Waals surface area contributed by atoms with E-state index in [0.717, 1.165) is 30.6 Å². The van der Waals surface area contributed by atoms with Crippen molar-refractivity contribution in [2.24, 2.45) is 17.8 Å². The van der Waals surface area contributed by atoms with Crippen molar-refractivity contribution in [3.63, 3.8) is 0 Å². The molecule has 2 saturated carbocycles. The second kappa shape index (κ2) is 4.66. The van der Waals surface area contributed by atoms with Crippen LogP contribution in [-0.4, -0.2) is 23.9 Å². The number of methoxy groups -OCH3 is 1. The van der Waals surface area contributed by atoms with Gasteiger partial charge in [0.1, 0.15) is 0 Å². The van der Waals surface area contributed by atoms with Crippen molar-refractivity contribution in [1.82, 2.24) is 0 Å². The molecule has 0 saturated heterocycles. The summed E-state index contributed by atoms with van der Waals surface area (Å²) in [6.07, 6.45) is 7.14. The summed E-state index contributed by atoms with van der Waals surface area (Å²) >= 11 is 0. The fourth-order valence-corrected chi connectivity index (χ4v) is 3.72. The molecule has 0 radical (unpaired) electrons. The second-order valence-electron chi connectivity index (χ2n) is 6.06. The smallest absolute Gasteiger partial charge is 0.0905 e. The predicted molar refractivity (Wildman–Crippen MR) is 65.3 cm³/mol. The van der Waals surface area contributed by atoms with Gasteiger partial charge in [-0.2, -0.15) is 0 Å². The molecular formula is C14H26O2. The molecule has 2 fully saturated rings. The molecule has 2 bridgehead atoms. The lowest BCUT2D eigenvalue weighted by Crippen LogP contribution is -2.42. The first-order valence-electron chi connectivity index (χ1n) is 6.82. The third-order valence-corrected chi connectivity index (χ3v) is 5.28. The van der Waals surface area contributed by atoms with Crippen LogP contribution in [0.2, 0.25) is 0 Å². The van der Waals surface area contributed by atoms with Gasteiger partial charge in [0.2, 0.25) is 0 Å². The van der Waals surface area contributed by atoms with Crippen LogP contribution in [0.15, 0.2) is 0 Å². The molecule has 2 heteroatoms. The van der Waals surface area contributed by atoms with Crippen molar-refractivity contribution in [3.8, 4) is 0 Å². The number of aliphatic hydroxyl groups is 1. The monoisotopic (exact) mass is 226 g/mol. The first kappa shape index (κ1) is 12.4. The molecule has 0 spiro atoms. The minimum Gasteiger partial charge on any atom is -0.390 e. The predicted octanol–water partition coefficient (Wildman–Crippen LogP) is 2.99. The molecule has 0 aromatic rings. The normalized spacial score (nSPS) is 38.6. The fraction of sp³-hybridized carbons (Fsp3) is 1.00. The summed E-state index contributed by atoms with van der Waals surface area (Å²) in [5.41, 5.74) is -0.345. The van der Waals surface area contributed by atoms with E-state index in [1.807, 2.05) is 6.92 Å². The number of fused-ring (bicyclic) bond motifs is 2. The Labute approximate surface area is 99.4 Å². The molecule has 0 heterocycles. The van der Waals surface area contributed by atoms with Crippen LogP contribution in [-0.2, 0) is 4.74 Å². The van der Waals surface area contributed by atoms with Crippen LogP contribution in [0.1, 0.15) is 52.4 Å². The molecule has 2 rings (SSSR count). The number of hydrogen-bond donors (Lipinski definition) is 1. The lowest BCUT2D eigenvalue weighted by Gasteiger charge is -2.35. The summed E-state index contributed by atoms with van der Waals surface area (Å²) in [4.78, 5) is 0. The minimum absolute atomic E-state index is 0.299. The molecule has 0 aliphatic heterocycles. The maximum Gasteiger partial charge on any atom is 0.0905 e. The largest absolute Gasteiger partial charge is 0.390 e. The number of ether oxygens (including phenoxy) is 1. The van der Waals surface area contributed by atoms with Gasteiger partial charge in [-0.15, -0.1) is 0 Å². The van der Waals surface area contributed by atoms with Gasteiger partial charge in [0.15, 0.2) is 0 Å². The van der Waals surface area contributed by atoms with E-state index in [1.165, 1.54) is 25.7 Å². The standard InChI is InChI=1S/C14H26O2/c1-4-14(2,16-3)13(15)9-12-8-10-5-6-11(12)7-10/h10-13,15H,4-9H2,1-3H3. The summed E-state index contributed by atoms with van der Waals surface area (Å²) in [7, 11) is 1.72. The topological polar surface area (TPSA) is 29.5 Å². The summed E-state index contributed by atoms with van der Waals surface area (Å²) in [5, 5.41) is 10.3. The van der Waals surface area contributed by atoms with E-state index in [1.54, 1.807) is 7.11 Å². The van der Waals surface area contributed by atoms with Crippen molar-refractivity contribution in [2.45, 2.75) is 64.1 Å². The van der Waals surface area contributed by atoms with Gasteiger partial charge < -0.3 is 9.84 Å². The van der Waals surface area contributed by atoms with Crippen molar-refractivity contribution in [3.05, 3.63) is 0 Å². The summed E-state index contributed by atoms with van der Waals surface area (Å²) in [5.74, 6) is 2.63. The molecule has 16 heavy (non-hydrogen) atoms. The highest BCUT2D eigenvalue weighted by molar-refractivity contribution is 4.93. The first-order chi connectivity index (χ1) is 7.59. The zero-order chi connectivity index (χ0) is 11.8. The molecule has 2 aliphatic carbocycles. The lowest BCUT2D eigenvalue weighted by atomic mass is 9.80. The van der Waals surface area contributed by atoms with Crippen LogP contribution in [0, 0.1) is 17.8 Å². The van der Waals surface area contributed by atoms with Crippen LogP contribution in [0.3, 0.4) is 0 Å². The van der Waals surface area contributed by atoms with Crippen LogP contribution in [0.5, 0.6) is 0 Å². The van der Waals surface area contributed by atoms with Crippen molar-refractivity contribution < 1.29 is 9.84 Å². The van der Waals surface area contributed by atoms with Crippen molar-refractivity contribution in [1.29, 1.82) is 0 Å². The number of rotatable bonds is 5. The highest BCUT2D eigenvalue weighted by Gasteiger charge is 2.42. The minimum atomic E-state index is -0.345. The van der Waals surface area contributed by atoms with E-state index >= 15 is 0 Å². The van der Waals surface area contributed by atoms with Gasteiger partial charge in [-0.25, -0.2) is 0 Å².